The molecule has 0 bridgehead atoms. The molecule has 25 heavy (non-hydrogen) atoms. The van der Waals surface area contributed by atoms with Gasteiger partial charge in [0.1, 0.15) is 10.8 Å². The van der Waals surface area contributed by atoms with Crippen LogP contribution >= 0.6 is 34.2 Å². The van der Waals surface area contributed by atoms with Crippen molar-refractivity contribution in [2.24, 2.45) is 0 Å². The van der Waals surface area contributed by atoms with E-state index in [1.54, 1.807) is 18.2 Å². The predicted molar refractivity (Wildman–Crippen MR) is 103 cm³/mol. The SMILES string of the molecule is O=C(Nc1ccccc1I)c1ccc(-c2ccc(Cl)c([N+](=O)[O-])c2)o1. The summed E-state index contributed by atoms with van der Waals surface area (Å²) in [6, 6.07) is 14.8. The van der Waals surface area contributed by atoms with Crippen LogP contribution in [0.1, 0.15) is 10.6 Å². The quantitative estimate of drug-likeness (QED) is 0.317. The molecule has 1 aromatic heterocycles. The first-order chi connectivity index (χ1) is 12.0. The number of furan rings is 1. The van der Waals surface area contributed by atoms with Crippen LogP contribution in [0.15, 0.2) is 59.0 Å². The van der Waals surface area contributed by atoms with Crippen molar-refractivity contribution >= 4 is 51.5 Å². The summed E-state index contributed by atoms with van der Waals surface area (Å²) in [5, 5.41) is 13.8. The van der Waals surface area contributed by atoms with Crippen molar-refractivity contribution in [3.63, 3.8) is 0 Å². The number of hydrogen-bond acceptors (Lipinski definition) is 4. The van der Waals surface area contributed by atoms with E-state index in [1.165, 1.54) is 18.2 Å². The van der Waals surface area contributed by atoms with E-state index in [1.807, 2.05) is 18.2 Å². The molecule has 126 valence electrons. The van der Waals surface area contributed by atoms with Gasteiger partial charge in [0.05, 0.1) is 10.6 Å². The Morgan fingerprint density at radius 2 is 1.92 bits per heavy atom. The molecule has 0 aliphatic carbocycles. The van der Waals surface area contributed by atoms with Crippen LogP contribution in [-0.2, 0) is 0 Å². The molecule has 1 amide bonds. The third kappa shape index (κ3) is 3.83. The van der Waals surface area contributed by atoms with Gasteiger partial charge in [-0.2, -0.15) is 0 Å². The highest BCUT2D eigenvalue weighted by Gasteiger charge is 2.17. The minimum atomic E-state index is -0.570. The zero-order chi connectivity index (χ0) is 18.0. The van der Waals surface area contributed by atoms with Gasteiger partial charge in [0.25, 0.3) is 11.6 Å². The second-order valence-corrected chi connectivity index (χ2v) is 6.59. The fraction of sp³-hybridized carbons (Fsp3) is 0. The maximum Gasteiger partial charge on any atom is 0.291 e. The molecule has 0 aliphatic rings. The fourth-order valence-electron chi connectivity index (χ4n) is 2.17. The van der Waals surface area contributed by atoms with Gasteiger partial charge in [0.15, 0.2) is 5.76 Å². The van der Waals surface area contributed by atoms with Crippen molar-refractivity contribution in [2.45, 2.75) is 0 Å². The van der Waals surface area contributed by atoms with Gasteiger partial charge in [-0.25, -0.2) is 0 Å². The standard InChI is InChI=1S/C17H10ClIN2O4/c18-11-6-5-10(9-14(11)21(23)24)15-7-8-16(25-15)17(22)20-13-4-2-1-3-12(13)19/h1-9H,(H,20,22). The number of carbonyl (C=O) groups excluding carboxylic acids is 1. The van der Waals surface area contributed by atoms with E-state index in [-0.39, 0.29) is 16.5 Å². The summed E-state index contributed by atoms with van der Waals surface area (Å²) in [5.74, 6) is 0.0405. The number of carbonyl (C=O) groups is 1. The Bertz CT molecular complexity index is 971. The summed E-state index contributed by atoms with van der Waals surface area (Å²) in [4.78, 5) is 22.7. The Morgan fingerprint density at radius 3 is 2.64 bits per heavy atom. The van der Waals surface area contributed by atoms with Crippen LogP contribution in [0.2, 0.25) is 5.02 Å². The summed E-state index contributed by atoms with van der Waals surface area (Å²) in [7, 11) is 0. The van der Waals surface area contributed by atoms with Crippen LogP contribution in [0.25, 0.3) is 11.3 Å². The number of amides is 1. The van der Waals surface area contributed by atoms with Crippen molar-refractivity contribution in [1.82, 2.24) is 0 Å². The average molecular weight is 469 g/mol. The lowest BCUT2D eigenvalue weighted by atomic mass is 10.1. The number of benzene rings is 2. The van der Waals surface area contributed by atoms with Crippen molar-refractivity contribution in [3.05, 3.63) is 79.1 Å². The molecule has 0 atom stereocenters. The highest BCUT2D eigenvalue weighted by atomic mass is 127. The summed E-state index contributed by atoms with van der Waals surface area (Å²) in [6.45, 7) is 0. The van der Waals surface area contributed by atoms with E-state index in [4.69, 9.17) is 16.0 Å². The predicted octanol–water partition coefficient (Wildman–Crippen LogP) is 5.37. The van der Waals surface area contributed by atoms with E-state index >= 15 is 0 Å². The lowest BCUT2D eigenvalue weighted by Crippen LogP contribution is -2.11. The summed E-state index contributed by atoms with van der Waals surface area (Å²) < 4.78 is 6.43. The fourth-order valence-corrected chi connectivity index (χ4v) is 2.88. The molecule has 0 saturated heterocycles. The van der Waals surface area contributed by atoms with Crippen LogP contribution in [0, 0.1) is 13.7 Å². The monoisotopic (exact) mass is 468 g/mol. The lowest BCUT2D eigenvalue weighted by molar-refractivity contribution is -0.384. The molecule has 2 aromatic carbocycles. The Hall–Kier alpha value is -2.39. The summed E-state index contributed by atoms with van der Waals surface area (Å²) >= 11 is 7.92. The largest absolute Gasteiger partial charge is 0.451 e. The molecule has 1 heterocycles. The Labute approximate surface area is 161 Å². The van der Waals surface area contributed by atoms with Crippen LogP contribution in [0.3, 0.4) is 0 Å². The van der Waals surface area contributed by atoms with Crippen molar-refractivity contribution in [3.8, 4) is 11.3 Å². The number of nitrogens with zero attached hydrogens (tertiary/aromatic N) is 1. The molecule has 3 aromatic rings. The third-order valence-corrected chi connectivity index (χ3v) is 4.64. The first-order valence-electron chi connectivity index (χ1n) is 7.06. The summed E-state index contributed by atoms with van der Waals surface area (Å²) in [6.07, 6.45) is 0. The number of nitro benzene ring substituents is 1. The molecule has 0 spiro atoms. The zero-order valence-electron chi connectivity index (χ0n) is 12.5. The second-order valence-electron chi connectivity index (χ2n) is 5.02. The minimum absolute atomic E-state index is 0.0388. The highest BCUT2D eigenvalue weighted by molar-refractivity contribution is 14.1. The smallest absolute Gasteiger partial charge is 0.291 e. The Balaban J connectivity index is 1.85. The number of halogens is 2. The molecule has 3 rings (SSSR count). The Kier molecular flexibility index (Phi) is 5.05. The average Bonchev–Trinajstić information content (AvgIpc) is 3.07. The van der Waals surface area contributed by atoms with Gasteiger partial charge in [-0.15, -0.1) is 0 Å². The molecule has 0 unspecified atom stereocenters. The van der Waals surface area contributed by atoms with E-state index in [9.17, 15) is 14.9 Å². The normalized spacial score (nSPS) is 10.5. The molecular formula is C17H10ClIN2O4. The number of nitro groups is 1. The van der Waals surface area contributed by atoms with E-state index in [0.717, 1.165) is 3.57 Å². The van der Waals surface area contributed by atoms with E-state index in [0.29, 0.717) is 17.0 Å². The van der Waals surface area contributed by atoms with Gasteiger partial charge >= 0.3 is 0 Å². The van der Waals surface area contributed by atoms with Crippen LogP contribution in [0.5, 0.6) is 0 Å². The van der Waals surface area contributed by atoms with Gasteiger partial charge in [0, 0.05) is 15.2 Å². The molecule has 0 radical (unpaired) electrons. The zero-order valence-corrected chi connectivity index (χ0v) is 15.4. The highest BCUT2D eigenvalue weighted by Crippen LogP contribution is 2.31. The van der Waals surface area contributed by atoms with Gasteiger partial charge in [-0.3, -0.25) is 14.9 Å². The maximum atomic E-state index is 12.3. The first-order valence-corrected chi connectivity index (χ1v) is 8.51. The maximum absolute atomic E-state index is 12.3. The molecule has 1 N–H and O–H groups in total. The van der Waals surface area contributed by atoms with Crippen molar-refractivity contribution < 1.29 is 14.1 Å². The molecular weight excluding hydrogens is 459 g/mol. The summed E-state index contributed by atoms with van der Waals surface area (Å²) in [5.41, 5.74) is 0.915. The van der Waals surface area contributed by atoms with Gasteiger partial charge in [-0.05, 0) is 59.0 Å². The lowest BCUT2D eigenvalue weighted by Gasteiger charge is -2.05. The number of para-hydroxylation sites is 1. The van der Waals surface area contributed by atoms with Gasteiger partial charge < -0.3 is 9.73 Å². The Morgan fingerprint density at radius 1 is 1.16 bits per heavy atom. The number of nitrogens with one attached hydrogen (secondary N) is 1. The number of hydrogen-bond donors (Lipinski definition) is 1. The van der Waals surface area contributed by atoms with E-state index in [2.05, 4.69) is 27.9 Å². The van der Waals surface area contributed by atoms with E-state index < -0.39 is 10.8 Å². The third-order valence-electron chi connectivity index (χ3n) is 3.38. The second kappa shape index (κ2) is 7.24. The number of rotatable bonds is 4. The molecule has 0 aliphatic heterocycles. The van der Waals surface area contributed by atoms with Crippen molar-refractivity contribution in [1.29, 1.82) is 0 Å². The topological polar surface area (TPSA) is 85.4 Å². The first kappa shape index (κ1) is 17.4. The molecule has 8 heteroatoms. The van der Waals surface area contributed by atoms with Crippen molar-refractivity contribution in [2.75, 3.05) is 5.32 Å². The van der Waals surface area contributed by atoms with Gasteiger partial charge in [-0.1, -0.05) is 23.7 Å². The van der Waals surface area contributed by atoms with Crippen LogP contribution in [0.4, 0.5) is 11.4 Å². The molecule has 0 saturated carbocycles. The van der Waals surface area contributed by atoms with Gasteiger partial charge in [0.2, 0.25) is 0 Å². The minimum Gasteiger partial charge on any atom is -0.451 e. The number of anilines is 1. The molecule has 6 nitrogen and oxygen atoms in total. The van der Waals surface area contributed by atoms with Crippen LogP contribution in [-0.4, -0.2) is 10.8 Å². The van der Waals surface area contributed by atoms with Crippen LogP contribution < -0.4 is 5.32 Å². The molecule has 0 fully saturated rings.